The summed E-state index contributed by atoms with van der Waals surface area (Å²) in [5.41, 5.74) is 0.577. The highest BCUT2D eigenvalue weighted by Crippen LogP contribution is 2.12. The fourth-order valence-corrected chi connectivity index (χ4v) is 6.36. The second kappa shape index (κ2) is 30.4. The second-order valence-electron chi connectivity index (χ2n) is 14.8. The van der Waals surface area contributed by atoms with Crippen molar-refractivity contribution in [2.75, 3.05) is 91.8 Å². The number of carbonyl (C=O) groups excluding carboxylic acids is 6. The fraction of sp³-hybridized carbons (Fsp3) is 0.590. The van der Waals surface area contributed by atoms with Gasteiger partial charge in [0.15, 0.2) is 6.23 Å². The number of rotatable bonds is 28. The molecule has 1 aromatic rings. The number of carbonyl (C=O) groups is 10. The smallest absolute Gasteiger partial charge is 0.326 e. The first-order valence-electron chi connectivity index (χ1n) is 20.6. The number of phenols is 1. The highest BCUT2D eigenvalue weighted by atomic mass is 16.5. The number of carboxylic acid groups (broad SMARTS) is 4. The highest BCUT2D eigenvalue weighted by Gasteiger charge is 2.25. The molecule has 1 aliphatic rings. The number of phenolic OH excluding ortho intramolecular Hbond substituents is 1. The van der Waals surface area contributed by atoms with Crippen molar-refractivity contribution >= 4 is 60.6 Å². The van der Waals surface area contributed by atoms with Crippen molar-refractivity contribution in [3.05, 3.63) is 29.8 Å². The van der Waals surface area contributed by atoms with Gasteiger partial charge in [0.1, 0.15) is 24.6 Å². The Kier molecular flexibility index (Phi) is 25.5. The average Bonchev–Trinajstić information content (AvgIpc) is 3.23. The van der Waals surface area contributed by atoms with Gasteiger partial charge in [0, 0.05) is 78.2 Å². The van der Waals surface area contributed by atoms with Crippen LogP contribution in [0.3, 0.4) is 0 Å². The van der Waals surface area contributed by atoms with E-state index in [1.54, 1.807) is 31.7 Å². The summed E-state index contributed by atoms with van der Waals surface area (Å²) in [4.78, 5) is 126. The topological polar surface area (TPSA) is 363 Å². The van der Waals surface area contributed by atoms with E-state index >= 15 is 0 Å². The van der Waals surface area contributed by atoms with E-state index in [1.165, 1.54) is 12.1 Å². The summed E-state index contributed by atoms with van der Waals surface area (Å²) < 4.78 is 9.79. The van der Waals surface area contributed by atoms with E-state index in [4.69, 9.17) is 14.6 Å². The van der Waals surface area contributed by atoms with E-state index in [2.05, 4.69) is 26.6 Å². The maximum Gasteiger partial charge on any atom is 0.326 e. The van der Waals surface area contributed by atoms with Gasteiger partial charge < -0.3 is 61.6 Å². The molecule has 5 amide bonds. The Balaban J connectivity index is 2.02. The van der Waals surface area contributed by atoms with Crippen molar-refractivity contribution in [1.29, 1.82) is 0 Å². The predicted molar refractivity (Wildman–Crippen MR) is 223 cm³/mol. The minimum Gasteiger partial charge on any atom is -0.508 e. The number of aliphatic carboxylic acids is 4. The molecule has 26 heteroatoms. The summed E-state index contributed by atoms with van der Waals surface area (Å²) in [6.07, 6.45) is -1.51. The molecule has 0 aliphatic carbocycles. The van der Waals surface area contributed by atoms with Crippen molar-refractivity contribution in [1.82, 2.24) is 46.2 Å². The van der Waals surface area contributed by atoms with Crippen LogP contribution in [0.15, 0.2) is 24.3 Å². The summed E-state index contributed by atoms with van der Waals surface area (Å²) >= 11 is 0. The van der Waals surface area contributed by atoms with E-state index in [1.807, 2.05) is 0 Å². The normalized spacial score (nSPS) is 15.8. The van der Waals surface area contributed by atoms with Crippen molar-refractivity contribution in [3.8, 4) is 5.75 Å². The predicted octanol–water partition coefficient (Wildman–Crippen LogP) is -3.54. The van der Waals surface area contributed by atoms with Crippen molar-refractivity contribution < 1.29 is 83.0 Å². The standard InChI is InChI=1S/C39H59N9O17/c49-25-64-24-48-17-15-45(11-12-46(22-35(56)57)13-14-47(16-18-48)23-36(58)59)21-32(53)41-20-31(52)42-30(19-27-4-6-28(51)7-5-27)37(60)40-10-2-1-3-33(65-26-50)44-39(63)43-29(38(61)62)8-9-34(54)55/h4-7,25-26,29-30,33,51H,1-3,8-24H2,(H,40,60)(H,41,53)(H,42,52)(H,54,55)(H,56,57)(H,58,59)(H,61,62)(H2,43,44,63)/t29-,30-,33+/m0/s1. The third-order valence-corrected chi connectivity index (χ3v) is 9.77. The number of nitrogens with zero attached hydrogens (tertiary/aromatic N) is 4. The van der Waals surface area contributed by atoms with Crippen molar-refractivity contribution in [3.63, 3.8) is 0 Å². The van der Waals surface area contributed by atoms with E-state index in [-0.39, 0.29) is 130 Å². The van der Waals surface area contributed by atoms with Gasteiger partial charge in [0.2, 0.25) is 17.7 Å². The lowest BCUT2D eigenvalue weighted by molar-refractivity contribution is -0.141. The molecular weight excluding hydrogens is 866 g/mol. The summed E-state index contributed by atoms with van der Waals surface area (Å²) in [7, 11) is 0. The first kappa shape index (κ1) is 54.5. The van der Waals surface area contributed by atoms with Crippen LogP contribution in [0.25, 0.3) is 0 Å². The maximum atomic E-state index is 13.4. The molecule has 3 atom stereocenters. The zero-order valence-electron chi connectivity index (χ0n) is 35.8. The molecule has 0 aromatic heterocycles. The quantitative estimate of drug-likeness (QED) is 0.0221. The zero-order valence-corrected chi connectivity index (χ0v) is 35.8. The van der Waals surface area contributed by atoms with Gasteiger partial charge in [-0.15, -0.1) is 0 Å². The molecule has 1 aliphatic heterocycles. The van der Waals surface area contributed by atoms with Gasteiger partial charge in [-0.2, -0.15) is 0 Å². The third-order valence-electron chi connectivity index (χ3n) is 9.77. The Morgan fingerprint density at radius 1 is 0.631 bits per heavy atom. The van der Waals surface area contributed by atoms with Crippen LogP contribution in [0, 0.1) is 0 Å². The van der Waals surface area contributed by atoms with E-state index in [0.29, 0.717) is 12.1 Å². The molecule has 65 heavy (non-hydrogen) atoms. The highest BCUT2D eigenvalue weighted by molar-refractivity contribution is 5.90. The Hall–Kier alpha value is -6.64. The summed E-state index contributed by atoms with van der Waals surface area (Å²) in [6.45, 7) is 0.932. The molecule has 0 saturated carbocycles. The van der Waals surface area contributed by atoms with Gasteiger partial charge in [-0.25, -0.2) is 9.59 Å². The monoisotopic (exact) mass is 925 g/mol. The minimum atomic E-state index is -1.52. The number of amides is 5. The lowest BCUT2D eigenvalue weighted by Crippen LogP contribution is -2.52. The van der Waals surface area contributed by atoms with E-state index in [0.717, 1.165) is 0 Å². The van der Waals surface area contributed by atoms with Crippen molar-refractivity contribution in [2.45, 2.75) is 56.8 Å². The number of nitrogens with one attached hydrogen (secondary N) is 5. The van der Waals surface area contributed by atoms with Crippen LogP contribution in [0.4, 0.5) is 4.79 Å². The number of unbranched alkanes of at least 4 members (excludes halogenated alkanes) is 1. The molecule has 1 heterocycles. The first-order chi connectivity index (χ1) is 31.0. The van der Waals surface area contributed by atoms with Crippen LogP contribution in [-0.4, -0.2) is 216 Å². The van der Waals surface area contributed by atoms with Gasteiger partial charge in [-0.3, -0.25) is 58.0 Å². The van der Waals surface area contributed by atoms with Crippen LogP contribution in [-0.2, 0) is 59.0 Å². The van der Waals surface area contributed by atoms with Gasteiger partial charge in [-0.1, -0.05) is 12.1 Å². The number of carboxylic acids is 4. The molecule has 0 radical (unpaired) electrons. The zero-order chi connectivity index (χ0) is 48.1. The Labute approximate surface area is 373 Å². The number of hydrogen-bond acceptors (Lipinski definition) is 17. The number of aromatic hydroxyl groups is 1. The number of ether oxygens (including phenoxy) is 2. The molecule has 10 N–H and O–H groups in total. The summed E-state index contributed by atoms with van der Waals surface area (Å²) in [6, 6.07) is 2.22. The number of urea groups is 1. The molecule has 1 saturated heterocycles. The van der Waals surface area contributed by atoms with E-state index < -0.39 is 78.9 Å². The molecule has 1 aromatic carbocycles. The molecule has 26 nitrogen and oxygen atoms in total. The maximum absolute atomic E-state index is 13.4. The van der Waals surface area contributed by atoms with Crippen LogP contribution < -0.4 is 26.6 Å². The number of benzene rings is 1. The number of hydrogen-bond donors (Lipinski definition) is 10. The summed E-state index contributed by atoms with van der Waals surface area (Å²) in [5, 5.41) is 58.9. The van der Waals surface area contributed by atoms with Crippen molar-refractivity contribution in [2.24, 2.45) is 0 Å². The Morgan fingerprint density at radius 2 is 1.20 bits per heavy atom. The third kappa shape index (κ3) is 24.7. The van der Waals surface area contributed by atoms with Crippen LogP contribution in [0.5, 0.6) is 5.75 Å². The molecule has 2 rings (SSSR count). The van der Waals surface area contributed by atoms with Crippen LogP contribution in [0.1, 0.15) is 37.7 Å². The molecule has 0 spiro atoms. The molecule has 0 unspecified atom stereocenters. The van der Waals surface area contributed by atoms with Crippen LogP contribution >= 0.6 is 0 Å². The Bertz CT molecular complexity index is 1740. The second-order valence-corrected chi connectivity index (χ2v) is 14.8. The lowest BCUT2D eigenvalue weighted by Gasteiger charge is -2.32. The average molecular weight is 926 g/mol. The van der Waals surface area contributed by atoms with Gasteiger partial charge in [-0.05, 0) is 37.0 Å². The molecule has 0 bridgehead atoms. The molecular formula is C39H59N9O17. The van der Waals surface area contributed by atoms with Gasteiger partial charge in [0.05, 0.1) is 26.2 Å². The largest absolute Gasteiger partial charge is 0.508 e. The molecule has 362 valence electrons. The molecule has 1 fully saturated rings. The summed E-state index contributed by atoms with van der Waals surface area (Å²) in [5.74, 6) is -6.78. The van der Waals surface area contributed by atoms with Gasteiger partial charge in [0.25, 0.3) is 12.9 Å². The fourth-order valence-electron chi connectivity index (χ4n) is 6.36. The van der Waals surface area contributed by atoms with E-state index in [9.17, 15) is 68.4 Å². The lowest BCUT2D eigenvalue weighted by atomic mass is 10.0. The SMILES string of the molecule is O=COCN1CCN(CC(=O)O)CCN(CC(=O)O)CCN(CC(=O)NCC(=O)N[C@@H](Cc2ccc(O)cc2)C(=O)NCCCC[C@H](NC(=O)N[C@@H](CCC(=O)O)C(=O)O)OC=O)CC1. The van der Waals surface area contributed by atoms with Crippen LogP contribution in [0.2, 0.25) is 0 Å². The van der Waals surface area contributed by atoms with Gasteiger partial charge >= 0.3 is 29.9 Å². The minimum absolute atomic E-state index is 0.0110. The Morgan fingerprint density at radius 3 is 1.72 bits per heavy atom. The first-order valence-corrected chi connectivity index (χ1v) is 20.6.